The maximum absolute atomic E-state index is 5.55. The molecular formula is C12H16N6O. The molecule has 7 nitrogen and oxygen atoms in total. The molecule has 0 radical (unpaired) electrons. The van der Waals surface area contributed by atoms with Crippen molar-refractivity contribution in [3.63, 3.8) is 0 Å². The molecule has 0 aliphatic rings. The van der Waals surface area contributed by atoms with Crippen molar-refractivity contribution in [2.75, 3.05) is 20.2 Å². The van der Waals surface area contributed by atoms with Crippen LogP contribution >= 0.6 is 0 Å². The maximum atomic E-state index is 5.55. The highest BCUT2D eigenvalue weighted by Gasteiger charge is 2.11. The number of hydrogen-bond donors (Lipinski definition) is 1. The Morgan fingerprint density at radius 3 is 2.95 bits per heavy atom. The molecule has 7 heteroatoms. The largest absolute Gasteiger partial charge is 0.475 e. The van der Waals surface area contributed by atoms with Crippen LogP contribution in [-0.2, 0) is 6.42 Å². The first-order chi connectivity index (χ1) is 9.38. The highest BCUT2D eigenvalue weighted by atomic mass is 16.5. The van der Waals surface area contributed by atoms with E-state index in [-0.39, 0.29) is 0 Å². The standard InChI is InChI=1S/C12H16N6O/c1-13-7-10(6-11-4-2-3-5-14-11)9-19-12-8-15-17-18-16-12/h2-5,8,10,13H,6-7,9H2,1H3. The Morgan fingerprint density at radius 2 is 2.26 bits per heavy atom. The van der Waals surface area contributed by atoms with Gasteiger partial charge in [-0.25, -0.2) is 0 Å². The van der Waals surface area contributed by atoms with Crippen molar-refractivity contribution in [2.24, 2.45) is 5.92 Å². The van der Waals surface area contributed by atoms with Gasteiger partial charge in [-0.05, 0) is 36.0 Å². The summed E-state index contributed by atoms with van der Waals surface area (Å²) in [6.07, 6.45) is 4.09. The molecule has 0 fully saturated rings. The van der Waals surface area contributed by atoms with E-state index in [1.54, 1.807) is 6.20 Å². The third-order valence-electron chi connectivity index (χ3n) is 2.59. The highest BCUT2D eigenvalue weighted by Crippen LogP contribution is 2.08. The lowest BCUT2D eigenvalue weighted by atomic mass is 10.0. The molecule has 2 aromatic heterocycles. The van der Waals surface area contributed by atoms with Crippen LogP contribution in [0.15, 0.2) is 30.6 Å². The Balaban J connectivity index is 1.89. The number of aromatic nitrogens is 5. The molecule has 0 saturated carbocycles. The van der Waals surface area contributed by atoms with Crippen LogP contribution < -0.4 is 10.1 Å². The first-order valence-corrected chi connectivity index (χ1v) is 6.07. The van der Waals surface area contributed by atoms with Crippen LogP contribution in [0.5, 0.6) is 5.88 Å². The van der Waals surface area contributed by atoms with Gasteiger partial charge in [0, 0.05) is 24.4 Å². The molecule has 0 spiro atoms. The van der Waals surface area contributed by atoms with Crippen molar-refractivity contribution >= 4 is 0 Å². The second-order valence-electron chi connectivity index (χ2n) is 4.12. The molecule has 0 bridgehead atoms. The average molecular weight is 260 g/mol. The van der Waals surface area contributed by atoms with Gasteiger partial charge in [0.25, 0.3) is 5.88 Å². The predicted molar refractivity (Wildman–Crippen MR) is 68.5 cm³/mol. The fourth-order valence-electron chi connectivity index (χ4n) is 1.75. The Labute approximate surface area is 111 Å². The molecule has 1 atom stereocenters. The van der Waals surface area contributed by atoms with Gasteiger partial charge in [0.2, 0.25) is 0 Å². The zero-order valence-electron chi connectivity index (χ0n) is 10.7. The summed E-state index contributed by atoms with van der Waals surface area (Å²) in [5.74, 6) is 0.687. The number of nitrogens with zero attached hydrogens (tertiary/aromatic N) is 5. The van der Waals surface area contributed by atoms with E-state index in [0.717, 1.165) is 18.7 Å². The van der Waals surface area contributed by atoms with Gasteiger partial charge in [-0.15, -0.1) is 5.10 Å². The van der Waals surface area contributed by atoms with E-state index in [1.807, 2.05) is 25.2 Å². The number of pyridine rings is 1. The van der Waals surface area contributed by atoms with E-state index in [1.165, 1.54) is 6.20 Å². The van der Waals surface area contributed by atoms with Crippen LogP contribution in [0, 0.1) is 5.92 Å². The minimum atomic E-state index is 0.301. The summed E-state index contributed by atoms with van der Waals surface area (Å²) in [7, 11) is 1.92. The third-order valence-corrected chi connectivity index (χ3v) is 2.59. The van der Waals surface area contributed by atoms with Gasteiger partial charge in [0.05, 0.1) is 6.61 Å². The van der Waals surface area contributed by atoms with Crippen LogP contribution in [0.3, 0.4) is 0 Å². The molecular weight excluding hydrogens is 244 g/mol. The van der Waals surface area contributed by atoms with Crippen molar-refractivity contribution in [3.05, 3.63) is 36.3 Å². The van der Waals surface area contributed by atoms with Crippen molar-refractivity contribution in [2.45, 2.75) is 6.42 Å². The molecule has 2 heterocycles. The second-order valence-corrected chi connectivity index (χ2v) is 4.12. The molecule has 1 unspecified atom stereocenters. The van der Waals surface area contributed by atoms with Gasteiger partial charge in [-0.3, -0.25) is 4.98 Å². The van der Waals surface area contributed by atoms with Crippen molar-refractivity contribution in [1.82, 2.24) is 30.9 Å². The van der Waals surface area contributed by atoms with Crippen molar-refractivity contribution in [3.8, 4) is 5.88 Å². The second kappa shape index (κ2) is 7.32. The number of nitrogens with one attached hydrogen (secondary N) is 1. The topological polar surface area (TPSA) is 85.7 Å². The summed E-state index contributed by atoms with van der Waals surface area (Å²) >= 11 is 0. The fraction of sp³-hybridized carbons (Fsp3) is 0.417. The number of rotatable bonds is 7. The lowest BCUT2D eigenvalue weighted by molar-refractivity contribution is 0.231. The van der Waals surface area contributed by atoms with Crippen LogP contribution in [0.25, 0.3) is 0 Å². The van der Waals surface area contributed by atoms with Crippen LogP contribution in [0.1, 0.15) is 5.69 Å². The molecule has 100 valence electrons. The first-order valence-electron chi connectivity index (χ1n) is 6.07. The quantitative estimate of drug-likeness (QED) is 0.756. The fourth-order valence-corrected chi connectivity index (χ4v) is 1.75. The molecule has 19 heavy (non-hydrogen) atoms. The van der Waals surface area contributed by atoms with Crippen molar-refractivity contribution in [1.29, 1.82) is 0 Å². The molecule has 0 saturated heterocycles. The summed E-state index contributed by atoms with van der Waals surface area (Å²) in [6, 6.07) is 5.90. The third kappa shape index (κ3) is 4.55. The van der Waals surface area contributed by atoms with E-state index >= 15 is 0 Å². The summed E-state index contributed by atoms with van der Waals surface area (Å²) in [5.41, 5.74) is 1.05. The minimum Gasteiger partial charge on any atom is -0.475 e. The monoisotopic (exact) mass is 260 g/mol. The molecule has 1 N–H and O–H groups in total. The normalized spacial score (nSPS) is 12.1. The Hall–Kier alpha value is -2.15. The Kier molecular flexibility index (Phi) is 5.12. The highest BCUT2D eigenvalue weighted by molar-refractivity contribution is 5.05. The van der Waals surface area contributed by atoms with E-state index in [2.05, 4.69) is 30.9 Å². The van der Waals surface area contributed by atoms with Gasteiger partial charge in [-0.2, -0.15) is 0 Å². The Bertz CT molecular complexity index is 466. The first kappa shape index (κ1) is 13.3. The summed E-state index contributed by atoms with van der Waals surface area (Å²) < 4.78 is 5.55. The van der Waals surface area contributed by atoms with Gasteiger partial charge in [0.15, 0.2) is 0 Å². The molecule has 0 aliphatic heterocycles. The average Bonchev–Trinajstić information content (AvgIpc) is 2.47. The summed E-state index contributed by atoms with van der Waals surface area (Å²) in [4.78, 5) is 4.32. The SMILES string of the molecule is CNCC(COc1cnnnn1)Cc1ccccn1. The number of ether oxygens (including phenoxy) is 1. The van der Waals surface area contributed by atoms with Gasteiger partial charge in [-0.1, -0.05) is 11.2 Å². The molecule has 2 rings (SSSR count). The van der Waals surface area contributed by atoms with Crippen LogP contribution in [0.2, 0.25) is 0 Å². The van der Waals surface area contributed by atoms with E-state index in [0.29, 0.717) is 18.4 Å². The zero-order valence-corrected chi connectivity index (χ0v) is 10.7. The molecule has 0 aliphatic carbocycles. The summed E-state index contributed by atoms with van der Waals surface area (Å²) in [5, 5.41) is 17.3. The number of hydrogen-bond acceptors (Lipinski definition) is 7. The van der Waals surface area contributed by atoms with E-state index < -0.39 is 0 Å². The Morgan fingerprint density at radius 1 is 1.32 bits per heavy atom. The smallest absolute Gasteiger partial charge is 0.255 e. The minimum absolute atomic E-state index is 0.301. The van der Waals surface area contributed by atoms with Crippen molar-refractivity contribution < 1.29 is 4.74 Å². The predicted octanol–water partition coefficient (Wildman–Crippen LogP) is 0.119. The van der Waals surface area contributed by atoms with Crippen LogP contribution in [0.4, 0.5) is 0 Å². The molecule has 0 amide bonds. The lowest BCUT2D eigenvalue weighted by Crippen LogP contribution is -2.26. The van der Waals surface area contributed by atoms with Crippen LogP contribution in [-0.4, -0.2) is 45.8 Å². The van der Waals surface area contributed by atoms with E-state index in [9.17, 15) is 0 Å². The maximum Gasteiger partial charge on any atom is 0.255 e. The van der Waals surface area contributed by atoms with Gasteiger partial charge in [0.1, 0.15) is 6.20 Å². The molecule has 0 aromatic carbocycles. The summed E-state index contributed by atoms with van der Waals surface area (Å²) in [6.45, 7) is 1.36. The lowest BCUT2D eigenvalue weighted by Gasteiger charge is -2.16. The molecule has 2 aromatic rings. The zero-order chi connectivity index (χ0) is 13.3. The van der Waals surface area contributed by atoms with E-state index in [4.69, 9.17) is 4.74 Å². The van der Waals surface area contributed by atoms with Gasteiger partial charge < -0.3 is 10.1 Å². The van der Waals surface area contributed by atoms with Gasteiger partial charge >= 0.3 is 0 Å².